The van der Waals surface area contributed by atoms with E-state index in [1.807, 2.05) is 0 Å². The van der Waals surface area contributed by atoms with Crippen LogP contribution in [0.5, 0.6) is 0 Å². The highest BCUT2D eigenvalue weighted by molar-refractivity contribution is 5.30. The third-order valence-electron chi connectivity index (χ3n) is 0.795. The van der Waals surface area contributed by atoms with E-state index in [0.717, 1.165) is 0 Å². The summed E-state index contributed by atoms with van der Waals surface area (Å²) in [7, 11) is 0. The van der Waals surface area contributed by atoms with Crippen molar-refractivity contribution in [1.82, 2.24) is 20.2 Å². The first-order valence-corrected chi connectivity index (χ1v) is 2.25. The highest BCUT2D eigenvalue weighted by atomic mass is 15.6. The van der Waals surface area contributed by atoms with Crippen LogP contribution < -0.4 is 11.3 Å². The zero-order chi connectivity index (χ0) is 6.69. The number of tetrazole rings is 1. The number of anilines is 1. The Morgan fingerprint density at radius 2 is 2.56 bits per heavy atom. The first kappa shape index (κ1) is 5.70. The average molecular weight is 126 g/mol. The molecule has 0 amide bonds. The normalized spacial score (nSPS) is 9.00. The average Bonchev–Trinajstić information content (AvgIpc) is 2.33. The Kier molecular flexibility index (Phi) is 1.41. The van der Waals surface area contributed by atoms with Crippen molar-refractivity contribution in [3.8, 4) is 0 Å². The maximum atomic E-state index is 5.01. The zero-order valence-electron chi connectivity index (χ0n) is 4.65. The summed E-state index contributed by atoms with van der Waals surface area (Å²) < 4.78 is 1.32. The van der Waals surface area contributed by atoms with E-state index in [2.05, 4.69) is 27.5 Å². The summed E-state index contributed by atoms with van der Waals surface area (Å²) in [4.78, 5) is 0. The quantitative estimate of drug-likeness (QED) is 0.394. The van der Waals surface area contributed by atoms with Crippen molar-refractivity contribution in [3.05, 3.63) is 6.58 Å². The highest BCUT2D eigenvalue weighted by Crippen LogP contribution is 1.93. The molecule has 1 aromatic rings. The molecule has 3 N–H and O–H groups in total. The molecule has 1 aromatic heterocycles. The molecule has 0 unspecified atom stereocenters. The number of aromatic nitrogens is 4. The number of rotatable bonds is 2. The van der Waals surface area contributed by atoms with Crippen LogP contribution in [0.15, 0.2) is 6.58 Å². The van der Waals surface area contributed by atoms with Crippen LogP contribution in [0.1, 0.15) is 0 Å². The number of nitrogens with zero attached hydrogens (tertiary/aromatic N) is 4. The van der Waals surface area contributed by atoms with E-state index in [9.17, 15) is 0 Å². The topological polar surface area (TPSA) is 81.7 Å². The minimum atomic E-state index is 0.366. The molecule has 0 aromatic carbocycles. The number of hydrogen-bond acceptors (Lipinski definition) is 5. The SMILES string of the molecule is C=Cn1nnnc1NN. The lowest BCUT2D eigenvalue weighted by molar-refractivity contribution is 0.819. The summed E-state index contributed by atoms with van der Waals surface area (Å²) in [6.07, 6.45) is 1.44. The van der Waals surface area contributed by atoms with Gasteiger partial charge in [0.25, 0.3) is 5.95 Å². The van der Waals surface area contributed by atoms with Crippen LogP contribution in [-0.2, 0) is 0 Å². The van der Waals surface area contributed by atoms with Crippen molar-refractivity contribution in [3.63, 3.8) is 0 Å². The maximum Gasteiger partial charge on any atom is 0.261 e. The molecular formula is C3H6N6. The Labute approximate surface area is 51.3 Å². The molecule has 0 atom stereocenters. The predicted octanol–water partition coefficient (Wildman–Crippen LogP) is -0.941. The third kappa shape index (κ3) is 0.868. The van der Waals surface area contributed by atoms with Gasteiger partial charge in [-0.2, -0.15) is 4.68 Å². The third-order valence-corrected chi connectivity index (χ3v) is 0.795. The van der Waals surface area contributed by atoms with E-state index in [0.29, 0.717) is 5.95 Å². The summed E-state index contributed by atoms with van der Waals surface area (Å²) in [5.74, 6) is 5.38. The Morgan fingerprint density at radius 1 is 1.78 bits per heavy atom. The molecule has 0 aliphatic carbocycles. The predicted molar refractivity (Wildman–Crippen MR) is 32.0 cm³/mol. The van der Waals surface area contributed by atoms with Gasteiger partial charge in [-0.1, -0.05) is 11.7 Å². The molecule has 6 heteroatoms. The lowest BCUT2D eigenvalue weighted by Gasteiger charge is -1.92. The Bertz CT molecular complexity index is 202. The summed E-state index contributed by atoms with van der Waals surface area (Å²) in [6.45, 7) is 3.44. The Balaban J connectivity index is 2.98. The molecule has 1 rings (SSSR count). The zero-order valence-corrected chi connectivity index (χ0v) is 4.65. The van der Waals surface area contributed by atoms with Crippen molar-refractivity contribution < 1.29 is 0 Å². The van der Waals surface area contributed by atoms with E-state index in [1.165, 1.54) is 10.9 Å². The smallest absolute Gasteiger partial charge is 0.261 e. The van der Waals surface area contributed by atoms with Crippen molar-refractivity contribution >= 4 is 12.1 Å². The van der Waals surface area contributed by atoms with Gasteiger partial charge in [0.05, 0.1) is 0 Å². The van der Waals surface area contributed by atoms with Gasteiger partial charge in [0.15, 0.2) is 0 Å². The summed E-state index contributed by atoms with van der Waals surface area (Å²) >= 11 is 0. The van der Waals surface area contributed by atoms with E-state index in [-0.39, 0.29) is 0 Å². The van der Waals surface area contributed by atoms with Gasteiger partial charge in [0, 0.05) is 6.20 Å². The number of hydrazine groups is 1. The van der Waals surface area contributed by atoms with Gasteiger partial charge in [0.1, 0.15) is 0 Å². The lowest BCUT2D eigenvalue weighted by atomic mass is 10.9. The van der Waals surface area contributed by atoms with Crippen molar-refractivity contribution in [1.29, 1.82) is 0 Å². The molecule has 0 aliphatic heterocycles. The molecule has 0 radical (unpaired) electrons. The monoisotopic (exact) mass is 126 g/mol. The van der Waals surface area contributed by atoms with Crippen LogP contribution >= 0.6 is 0 Å². The molecule has 1 heterocycles. The van der Waals surface area contributed by atoms with Gasteiger partial charge in [-0.3, -0.25) is 5.43 Å². The minimum Gasteiger partial charge on any atom is -0.291 e. The molecule has 0 fully saturated rings. The fraction of sp³-hybridized carbons (Fsp3) is 0. The Hall–Kier alpha value is -1.43. The largest absolute Gasteiger partial charge is 0.291 e. The standard InChI is InChI=1S/C3H6N6/c1-2-9-3(5-4)6-7-8-9/h2H,1,4H2,(H,5,6,8). The fourth-order valence-electron chi connectivity index (χ4n) is 0.412. The molecule has 9 heavy (non-hydrogen) atoms. The van der Waals surface area contributed by atoms with Gasteiger partial charge in [-0.15, -0.1) is 0 Å². The molecular weight excluding hydrogens is 120 g/mol. The van der Waals surface area contributed by atoms with E-state index in [1.54, 1.807) is 0 Å². The van der Waals surface area contributed by atoms with Crippen LogP contribution in [0.2, 0.25) is 0 Å². The lowest BCUT2D eigenvalue weighted by Crippen LogP contribution is -2.11. The number of nitrogens with two attached hydrogens (primary N) is 1. The van der Waals surface area contributed by atoms with E-state index < -0.39 is 0 Å². The van der Waals surface area contributed by atoms with Gasteiger partial charge >= 0.3 is 0 Å². The second-order valence-corrected chi connectivity index (χ2v) is 1.27. The van der Waals surface area contributed by atoms with Crippen molar-refractivity contribution in [2.24, 2.45) is 5.84 Å². The fourth-order valence-corrected chi connectivity index (χ4v) is 0.412. The molecule has 0 saturated heterocycles. The minimum absolute atomic E-state index is 0.366. The molecule has 6 nitrogen and oxygen atoms in total. The van der Waals surface area contributed by atoms with Gasteiger partial charge in [-0.25, -0.2) is 5.84 Å². The van der Waals surface area contributed by atoms with Crippen LogP contribution in [0.3, 0.4) is 0 Å². The van der Waals surface area contributed by atoms with Gasteiger partial charge in [-0.05, 0) is 10.4 Å². The van der Waals surface area contributed by atoms with Gasteiger partial charge < -0.3 is 0 Å². The molecule has 0 spiro atoms. The first-order valence-electron chi connectivity index (χ1n) is 2.25. The highest BCUT2D eigenvalue weighted by Gasteiger charge is 1.96. The molecule has 0 aliphatic rings. The summed E-state index contributed by atoms with van der Waals surface area (Å²) in [6, 6.07) is 0. The van der Waals surface area contributed by atoms with Crippen molar-refractivity contribution in [2.45, 2.75) is 0 Å². The van der Waals surface area contributed by atoms with Crippen LogP contribution in [0.4, 0.5) is 5.95 Å². The van der Waals surface area contributed by atoms with Crippen molar-refractivity contribution in [2.75, 3.05) is 5.43 Å². The summed E-state index contributed by atoms with van der Waals surface area (Å²) in [5.41, 5.74) is 2.28. The van der Waals surface area contributed by atoms with Crippen LogP contribution in [-0.4, -0.2) is 20.2 Å². The van der Waals surface area contributed by atoms with Crippen LogP contribution in [0, 0.1) is 0 Å². The number of hydrogen-bond donors (Lipinski definition) is 2. The van der Waals surface area contributed by atoms with E-state index in [4.69, 9.17) is 5.84 Å². The van der Waals surface area contributed by atoms with Crippen LogP contribution in [0.25, 0.3) is 6.20 Å². The van der Waals surface area contributed by atoms with E-state index >= 15 is 0 Å². The maximum absolute atomic E-state index is 5.01. The second-order valence-electron chi connectivity index (χ2n) is 1.27. The molecule has 48 valence electrons. The molecule has 0 saturated carbocycles. The first-order chi connectivity index (χ1) is 4.38. The Morgan fingerprint density at radius 3 is 3.00 bits per heavy atom. The number of nitrogen functional groups attached to an aromatic ring is 1. The summed E-state index contributed by atoms with van der Waals surface area (Å²) in [5, 5.41) is 10.3. The number of nitrogens with one attached hydrogen (secondary N) is 1. The molecule has 0 bridgehead atoms. The second kappa shape index (κ2) is 2.23. The van der Waals surface area contributed by atoms with Gasteiger partial charge in [0.2, 0.25) is 0 Å².